The first kappa shape index (κ1) is 17.4. The number of aromatic nitrogens is 2. The number of amides is 1. The summed E-state index contributed by atoms with van der Waals surface area (Å²) in [4.78, 5) is 27.4. The van der Waals surface area contributed by atoms with E-state index in [2.05, 4.69) is 15.5 Å². The van der Waals surface area contributed by atoms with Crippen LogP contribution in [0.1, 0.15) is 70.5 Å². The maximum absolute atomic E-state index is 12.1. The Morgan fingerprint density at radius 2 is 2.13 bits per heavy atom. The van der Waals surface area contributed by atoms with E-state index < -0.39 is 11.5 Å². The number of aliphatic carboxylic acids is 1. The lowest BCUT2D eigenvalue weighted by atomic mass is 9.85. The van der Waals surface area contributed by atoms with E-state index >= 15 is 0 Å². The van der Waals surface area contributed by atoms with Gasteiger partial charge in [0.2, 0.25) is 11.8 Å². The van der Waals surface area contributed by atoms with Gasteiger partial charge in [-0.25, -0.2) is 0 Å². The molecule has 1 aromatic heterocycles. The van der Waals surface area contributed by atoms with Crippen LogP contribution in [0.3, 0.4) is 0 Å². The van der Waals surface area contributed by atoms with Crippen molar-refractivity contribution in [3.63, 3.8) is 0 Å². The number of carbonyl (C=O) groups excluding carboxylic acids is 1. The fraction of sp³-hybridized carbons (Fsp3) is 0.750. The van der Waals surface area contributed by atoms with Crippen molar-refractivity contribution in [3.8, 4) is 0 Å². The molecule has 1 atom stereocenters. The normalized spacial score (nSPS) is 17.0. The number of hydrogen-bond donors (Lipinski definition) is 2. The predicted molar refractivity (Wildman–Crippen MR) is 82.8 cm³/mol. The summed E-state index contributed by atoms with van der Waals surface area (Å²) in [5.41, 5.74) is -0.744. The minimum absolute atomic E-state index is 0.0274. The van der Waals surface area contributed by atoms with Crippen LogP contribution < -0.4 is 5.32 Å². The van der Waals surface area contributed by atoms with Gasteiger partial charge in [-0.3, -0.25) is 9.59 Å². The van der Waals surface area contributed by atoms with Crippen molar-refractivity contribution in [1.29, 1.82) is 0 Å². The van der Waals surface area contributed by atoms with Crippen molar-refractivity contribution >= 4 is 11.9 Å². The summed E-state index contributed by atoms with van der Waals surface area (Å²) in [6.45, 7) is 5.58. The molecule has 0 aromatic carbocycles. The van der Waals surface area contributed by atoms with E-state index in [0.717, 1.165) is 18.7 Å². The molecule has 0 aliphatic heterocycles. The molecule has 1 saturated carbocycles. The van der Waals surface area contributed by atoms with Crippen LogP contribution in [0.25, 0.3) is 0 Å². The molecule has 1 aliphatic carbocycles. The highest BCUT2D eigenvalue weighted by atomic mass is 16.5. The average molecular weight is 323 g/mol. The Balaban J connectivity index is 1.77. The van der Waals surface area contributed by atoms with E-state index in [1.54, 1.807) is 6.92 Å². The van der Waals surface area contributed by atoms with Gasteiger partial charge >= 0.3 is 5.97 Å². The molecule has 0 bridgehead atoms. The lowest BCUT2D eigenvalue weighted by Gasteiger charge is -2.33. The van der Waals surface area contributed by atoms with E-state index in [9.17, 15) is 9.59 Å². The first-order chi connectivity index (χ1) is 10.8. The lowest BCUT2D eigenvalue weighted by molar-refractivity contribution is -0.139. The van der Waals surface area contributed by atoms with Crippen LogP contribution in [0.2, 0.25) is 0 Å². The van der Waals surface area contributed by atoms with Crippen molar-refractivity contribution in [3.05, 3.63) is 11.7 Å². The highest BCUT2D eigenvalue weighted by Gasteiger charge is 2.32. The second kappa shape index (κ2) is 7.10. The van der Waals surface area contributed by atoms with E-state index in [-0.39, 0.29) is 18.2 Å². The van der Waals surface area contributed by atoms with Crippen LogP contribution in [-0.4, -0.2) is 32.7 Å². The smallest absolute Gasteiger partial charge is 0.305 e. The van der Waals surface area contributed by atoms with Crippen molar-refractivity contribution < 1.29 is 19.2 Å². The summed E-state index contributed by atoms with van der Waals surface area (Å²) in [5.74, 6) is 0.762. The molecule has 7 nitrogen and oxygen atoms in total. The number of carboxylic acid groups (broad SMARTS) is 1. The second-order valence-corrected chi connectivity index (χ2v) is 6.87. The monoisotopic (exact) mass is 323 g/mol. The molecule has 1 heterocycles. The second-order valence-electron chi connectivity index (χ2n) is 6.87. The van der Waals surface area contributed by atoms with Crippen molar-refractivity contribution in [2.45, 2.75) is 70.8 Å². The minimum atomic E-state index is -0.917. The molecule has 0 spiro atoms. The number of nitrogens with zero attached hydrogens (tertiary/aromatic N) is 2. The van der Waals surface area contributed by atoms with Gasteiger partial charge in [0.05, 0.1) is 6.42 Å². The molecule has 1 amide bonds. The molecule has 0 radical (unpaired) electrons. The van der Waals surface area contributed by atoms with Gasteiger partial charge in [-0.15, -0.1) is 0 Å². The van der Waals surface area contributed by atoms with E-state index in [1.807, 2.05) is 13.8 Å². The topological polar surface area (TPSA) is 105 Å². The quantitative estimate of drug-likeness (QED) is 0.722. The third-order valence-corrected chi connectivity index (χ3v) is 4.44. The Morgan fingerprint density at radius 1 is 1.43 bits per heavy atom. The average Bonchev–Trinajstić information content (AvgIpc) is 3.18. The molecule has 0 saturated heterocycles. The zero-order valence-corrected chi connectivity index (χ0v) is 14.0. The molecular formula is C16H25N3O4. The highest BCUT2D eigenvalue weighted by Crippen LogP contribution is 2.38. The molecule has 1 unspecified atom stereocenters. The Hall–Kier alpha value is -1.92. The first-order valence-electron chi connectivity index (χ1n) is 8.15. The summed E-state index contributed by atoms with van der Waals surface area (Å²) in [7, 11) is 0. The molecule has 1 fully saturated rings. The molecule has 23 heavy (non-hydrogen) atoms. The van der Waals surface area contributed by atoms with Gasteiger partial charge in [0, 0.05) is 24.3 Å². The minimum Gasteiger partial charge on any atom is -0.481 e. The third-order valence-electron chi connectivity index (χ3n) is 4.44. The molecule has 1 aromatic rings. The maximum atomic E-state index is 12.1. The van der Waals surface area contributed by atoms with Gasteiger partial charge in [0.25, 0.3) is 0 Å². The number of carboxylic acids is 1. The van der Waals surface area contributed by atoms with E-state index in [4.69, 9.17) is 9.63 Å². The van der Waals surface area contributed by atoms with Crippen LogP contribution in [0, 0.1) is 5.92 Å². The highest BCUT2D eigenvalue weighted by molar-refractivity contribution is 5.78. The van der Waals surface area contributed by atoms with Crippen LogP contribution in [-0.2, 0) is 16.0 Å². The van der Waals surface area contributed by atoms with Crippen LogP contribution in [0.4, 0.5) is 0 Å². The molecule has 2 N–H and O–H groups in total. The fourth-order valence-electron chi connectivity index (χ4n) is 2.36. The Labute approximate surface area is 135 Å². The van der Waals surface area contributed by atoms with E-state index in [0.29, 0.717) is 31.1 Å². The SMILES string of the molecule is CC(C)C(C)(CC(=O)O)NC(=O)CCCc1nc(C2CC2)no1. The van der Waals surface area contributed by atoms with Crippen molar-refractivity contribution in [2.75, 3.05) is 0 Å². The summed E-state index contributed by atoms with van der Waals surface area (Å²) in [6.07, 6.45) is 3.62. The van der Waals surface area contributed by atoms with Gasteiger partial charge in [-0.05, 0) is 32.1 Å². The molecule has 1 aliphatic rings. The van der Waals surface area contributed by atoms with Gasteiger partial charge < -0.3 is 14.9 Å². The Bertz CT molecular complexity index is 565. The molecule has 128 valence electrons. The molecule has 7 heteroatoms. The van der Waals surface area contributed by atoms with E-state index in [1.165, 1.54) is 0 Å². The lowest BCUT2D eigenvalue weighted by Crippen LogP contribution is -2.51. The summed E-state index contributed by atoms with van der Waals surface area (Å²) in [6, 6.07) is 0. The summed E-state index contributed by atoms with van der Waals surface area (Å²) in [5, 5.41) is 15.8. The van der Waals surface area contributed by atoms with Gasteiger partial charge in [-0.2, -0.15) is 4.98 Å². The van der Waals surface area contributed by atoms with Gasteiger partial charge in [-0.1, -0.05) is 19.0 Å². The first-order valence-corrected chi connectivity index (χ1v) is 8.15. The zero-order chi connectivity index (χ0) is 17.0. The zero-order valence-electron chi connectivity index (χ0n) is 14.0. The molecule has 2 rings (SSSR count). The summed E-state index contributed by atoms with van der Waals surface area (Å²) < 4.78 is 5.17. The number of carbonyl (C=O) groups is 2. The largest absolute Gasteiger partial charge is 0.481 e. The maximum Gasteiger partial charge on any atom is 0.305 e. The van der Waals surface area contributed by atoms with Crippen molar-refractivity contribution in [1.82, 2.24) is 15.5 Å². The Morgan fingerprint density at radius 3 is 2.70 bits per heavy atom. The number of nitrogens with one attached hydrogen (secondary N) is 1. The number of rotatable bonds is 9. The number of hydrogen-bond acceptors (Lipinski definition) is 5. The third kappa shape index (κ3) is 5.04. The predicted octanol–water partition coefficient (Wildman–Crippen LogP) is 2.28. The van der Waals surface area contributed by atoms with Crippen LogP contribution in [0.5, 0.6) is 0 Å². The standard InChI is InChI=1S/C16H25N3O4/c1-10(2)16(3,9-14(21)22)18-12(20)5-4-6-13-17-15(19-23-13)11-7-8-11/h10-11H,4-9H2,1-3H3,(H,18,20)(H,21,22). The molecular weight excluding hydrogens is 298 g/mol. The summed E-state index contributed by atoms with van der Waals surface area (Å²) >= 11 is 0. The number of aryl methyl sites for hydroxylation is 1. The van der Waals surface area contributed by atoms with Gasteiger partial charge in [0.15, 0.2) is 5.82 Å². The van der Waals surface area contributed by atoms with Crippen LogP contribution >= 0.6 is 0 Å². The van der Waals surface area contributed by atoms with Gasteiger partial charge in [0.1, 0.15) is 0 Å². The fourth-order valence-corrected chi connectivity index (χ4v) is 2.36. The van der Waals surface area contributed by atoms with Crippen LogP contribution in [0.15, 0.2) is 4.52 Å². The van der Waals surface area contributed by atoms with Crippen molar-refractivity contribution in [2.24, 2.45) is 5.92 Å². The Kier molecular flexibility index (Phi) is 5.38.